The van der Waals surface area contributed by atoms with E-state index in [9.17, 15) is 9.59 Å². The number of imide groups is 1. The van der Waals surface area contributed by atoms with Crippen molar-refractivity contribution in [1.29, 1.82) is 0 Å². The van der Waals surface area contributed by atoms with Crippen LogP contribution in [0.4, 0.5) is 4.79 Å². The fourth-order valence-corrected chi connectivity index (χ4v) is 1.82. The van der Waals surface area contributed by atoms with Crippen molar-refractivity contribution in [1.82, 2.24) is 10.6 Å². The number of aryl methyl sites for hydroxylation is 1. The van der Waals surface area contributed by atoms with Gasteiger partial charge in [-0.15, -0.1) is 0 Å². The van der Waals surface area contributed by atoms with Gasteiger partial charge in [0.25, 0.3) is 0 Å². The van der Waals surface area contributed by atoms with Crippen molar-refractivity contribution in [2.24, 2.45) is 5.73 Å². The molecular formula is C14H21N3O2. The van der Waals surface area contributed by atoms with Crippen molar-refractivity contribution in [3.05, 3.63) is 35.4 Å². The van der Waals surface area contributed by atoms with E-state index in [0.29, 0.717) is 0 Å². The van der Waals surface area contributed by atoms with E-state index in [4.69, 9.17) is 5.73 Å². The van der Waals surface area contributed by atoms with Crippen LogP contribution in [-0.4, -0.2) is 18.0 Å². The largest absolute Gasteiger partial charge is 0.351 e. The van der Waals surface area contributed by atoms with Gasteiger partial charge < -0.3 is 5.73 Å². The third-order valence-corrected chi connectivity index (χ3v) is 3.03. The molecule has 0 aliphatic heterocycles. The predicted molar refractivity (Wildman–Crippen MR) is 74.6 cm³/mol. The SMILES string of the molecule is CCc1ccc([C@@H](C)N[C@H](C)C(=O)NC(N)=O)cc1. The van der Waals surface area contributed by atoms with E-state index in [1.807, 2.05) is 19.1 Å². The summed E-state index contributed by atoms with van der Waals surface area (Å²) < 4.78 is 0. The third-order valence-electron chi connectivity index (χ3n) is 3.03. The predicted octanol–water partition coefficient (Wildman–Crippen LogP) is 1.48. The zero-order valence-corrected chi connectivity index (χ0v) is 11.6. The molecule has 104 valence electrons. The molecule has 0 heterocycles. The molecule has 2 atom stereocenters. The zero-order valence-electron chi connectivity index (χ0n) is 11.6. The number of nitrogens with two attached hydrogens (primary N) is 1. The number of primary amides is 1. The molecular weight excluding hydrogens is 242 g/mol. The molecule has 0 aromatic heterocycles. The van der Waals surface area contributed by atoms with Gasteiger partial charge in [0.1, 0.15) is 0 Å². The lowest BCUT2D eigenvalue weighted by molar-refractivity contribution is -0.121. The Kier molecular flexibility index (Phi) is 5.51. The Morgan fingerprint density at radius 3 is 2.26 bits per heavy atom. The van der Waals surface area contributed by atoms with Crippen LogP contribution < -0.4 is 16.4 Å². The van der Waals surface area contributed by atoms with Crippen molar-refractivity contribution >= 4 is 11.9 Å². The fourth-order valence-electron chi connectivity index (χ4n) is 1.82. The maximum atomic E-state index is 11.5. The monoisotopic (exact) mass is 263 g/mol. The highest BCUT2D eigenvalue weighted by molar-refractivity contribution is 5.96. The highest BCUT2D eigenvalue weighted by atomic mass is 16.2. The van der Waals surface area contributed by atoms with E-state index in [0.717, 1.165) is 12.0 Å². The minimum absolute atomic E-state index is 0.0135. The van der Waals surface area contributed by atoms with Gasteiger partial charge in [-0.25, -0.2) is 4.79 Å². The number of amides is 3. The smallest absolute Gasteiger partial charge is 0.318 e. The summed E-state index contributed by atoms with van der Waals surface area (Å²) in [5.74, 6) is -0.426. The van der Waals surface area contributed by atoms with Gasteiger partial charge in [-0.3, -0.25) is 15.4 Å². The molecule has 0 aliphatic carbocycles. The molecule has 0 saturated heterocycles. The second kappa shape index (κ2) is 6.89. The molecule has 1 aromatic carbocycles. The van der Waals surface area contributed by atoms with Gasteiger partial charge >= 0.3 is 6.03 Å². The number of hydrogen-bond donors (Lipinski definition) is 3. The molecule has 0 unspecified atom stereocenters. The Bertz CT molecular complexity index is 443. The first-order valence-corrected chi connectivity index (χ1v) is 6.39. The molecule has 19 heavy (non-hydrogen) atoms. The van der Waals surface area contributed by atoms with Crippen LogP contribution in [0.15, 0.2) is 24.3 Å². The molecule has 0 spiro atoms. The fraction of sp³-hybridized carbons (Fsp3) is 0.429. The highest BCUT2D eigenvalue weighted by Gasteiger charge is 2.17. The average molecular weight is 263 g/mol. The summed E-state index contributed by atoms with van der Waals surface area (Å²) >= 11 is 0. The minimum Gasteiger partial charge on any atom is -0.351 e. The van der Waals surface area contributed by atoms with Crippen molar-refractivity contribution in [2.75, 3.05) is 0 Å². The average Bonchev–Trinajstić information content (AvgIpc) is 2.37. The number of carbonyl (C=O) groups excluding carboxylic acids is 2. The van der Waals surface area contributed by atoms with E-state index >= 15 is 0 Å². The van der Waals surface area contributed by atoms with E-state index in [1.54, 1.807) is 6.92 Å². The maximum absolute atomic E-state index is 11.5. The number of benzene rings is 1. The topological polar surface area (TPSA) is 84.2 Å². The first kappa shape index (κ1) is 15.2. The van der Waals surface area contributed by atoms with E-state index < -0.39 is 18.0 Å². The van der Waals surface area contributed by atoms with Crippen LogP contribution in [0.1, 0.15) is 37.9 Å². The Balaban J connectivity index is 2.60. The van der Waals surface area contributed by atoms with Gasteiger partial charge in [-0.1, -0.05) is 31.2 Å². The van der Waals surface area contributed by atoms with Crippen molar-refractivity contribution in [3.8, 4) is 0 Å². The van der Waals surface area contributed by atoms with Crippen molar-refractivity contribution in [2.45, 2.75) is 39.3 Å². The lowest BCUT2D eigenvalue weighted by Gasteiger charge is -2.19. The zero-order chi connectivity index (χ0) is 14.4. The number of carbonyl (C=O) groups is 2. The Hall–Kier alpha value is -1.88. The van der Waals surface area contributed by atoms with Crippen LogP contribution in [0.3, 0.4) is 0 Å². The molecule has 0 saturated carbocycles. The molecule has 1 rings (SSSR count). The van der Waals surface area contributed by atoms with Gasteiger partial charge in [0, 0.05) is 6.04 Å². The number of rotatable bonds is 5. The Morgan fingerprint density at radius 1 is 1.21 bits per heavy atom. The molecule has 0 aliphatic rings. The van der Waals surface area contributed by atoms with E-state index in [1.165, 1.54) is 5.56 Å². The second-order valence-electron chi connectivity index (χ2n) is 4.56. The van der Waals surface area contributed by atoms with Gasteiger partial charge in [-0.2, -0.15) is 0 Å². The molecule has 3 amide bonds. The van der Waals surface area contributed by atoms with Gasteiger partial charge in [0.05, 0.1) is 6.04 Å². The van der Waals surface area contributed by atoms with Crippen LogP contribution >= 0.6 is 0 Å². The summed E-state index contributed by atoms with van der Waals surface area (Å²) in [6.07, 6.45) is 1.000. The first-order valence-electron chi connectivity index (χ1n) is 6.39. The summed E-state index contributed by atoms with van der Waals surface area (Å²) in [5, 5.41) is 5.17. The van der Waals surface area contributed by atoms with Gasteiger partial charge in [-0.05, 0) is 31.4 Å². The standard InChI is InChI=1S/C14H21N3O2/c1-4-11-5-7-12(8-6-11)9(2)16-10(3)13(18)17-14(15)19/h5-10,16H,4H2,1-3H3,(H3,15,17,18,19)/t9-,10-/m1/s1. The Morgan fingerprint density at radius 2 is 1.79 bits per heavy atom. The van der Waals surface area contributed by atoms with Crippen LogP contribution in [0, 0.1) is 0 Å². The van der Waals surface area contributed by atoms with Gasteiger partial charge in [0.15, 0.2) is 0 Å². The lowest BCUT2D eigenvalue weighted by atomic mass is 10.0. The number of nitrogens with one attached hydrogen (secondary N) is 2. The maximum Gasteiger partial charge on any atom is 0.318 e. The molecule has 0 radical (unpaired) electrons. The van der Waals surface area contributed by atoms with Crippen LogP contribution in [0.2, 0.25) is 0 Å². The quantitative estimate of drug-likeness (QED) is 0.752. The first-order chi connectivity index (χ1) is 8.93. The lowest BCUT2D eigenvalue weighted by Crippen LogP contribution is -2.47. The number of hydrogen-bond acceptors (Lipinski definition) is 3. The summed E-state index contributed by atoms with van der Waals surface area (Å²) in [6, 6.07) is 6.90. The summed E-state index contributed by atoms with van der Waals surface area (Å²) in [7, 11) is 0. The molecule has 1 aromatic rings. The molecule has 0 fully saturated rings. The third kappa shape index (κ3) is 4.71. The van der Waals surface area contributed by atoms with Crippen molar-refractivity contribution in [3.63, 3.8) is 0 Å². The second-order valence-corrected chi connectivity index (χ2v) is 4.56. The van der Waals surface area contributed by atoms with Crippen LogP contribution in [0.5, 0.6) is 0 Å². The summed E-state index contributed by atoms with van der Waals surface area (Å²) in [5.41, 5.74) is 7.27. The minimum atomic E-state index is -0.835. The normalized spacial score (nSPS) is 13.6. The van der Waals surface area contributed by atoms with E-state index in [-0.39, 0.29) is 6.04 Å². The van der Waals surface area contributed by atoms with Gasteiger partial charge in [0.2, 0.25) is 5.91 Å². The highest BCUT2D eigenvalue weighted by Crippen LogP contribution is 2.14. The van der Waals surface area contributed by atoms with Crippen molar-refractivity contribution < 1.29 is 9.59 Å². The van der Waals surface area contributed by atoms with Crippen LogP contribution in [0.25, 0.3) is 0 Å². The summed E-state index contributed by atoms with van der Waals surface area (Å²) in [4.78, 5) is 22.1. The molecule has 0 bridgehead atoms. The molecule has 5 nitrogen and oxygen atoms in total. The molecule has 4 N–H and O–H groups in total. The van der Waals surface area contributed by atoms with Crippen LogP contribution in [-0.2, 0) is 11.2 Å². The van der Waals surface area contributed by atoms with E-state index in [2.05, 4.69) is 29.7 Å². The molecule has 5 heteroatoms. The summed E-state index contributed by atoms with van der Waals surface area (Å²) in [6.45, 7) is 5.76. The number of urea groups is 1. The Labute approximate surface area is 113 Å².